The maximum atomic E-state index is 11.6. The number of esters is 1. The lowest BCUT2D eigenvalue weighted by Crippen LogP contribution is -2.06. The molecule has 2 nitrogen and oxygen atoms in total. The molecule has 0 unspecified atom stereocenters. The molecule has 0 aromatic heterocycles. The summed E-state index contributed by atoms with van der Waals surface area (Å²) in [5, 5.41) is 0. The van der Waals surface area contributed by atoms with Gasteiger partial charge in [0.15, 0.2) is 0 Å². The van der Waals surface area contributed by atoms with Gasteiger partial charge in [0, 0.05) is 19.0 Å². The van der Waals surface area contributed by atoms with Crippen molar-refractivity contribution >= 4 is 59.3 Å². The van der Waals surface area contributed by atoms with Gasteiger partial charge in [-0.05, 0) is 19.1 Å². The molecule has 1 rings (SSSR count). The van der Waals surface area contributed by atoms with E-state index in [2.05, 4.69) is 54.4 Å². The third kappa shape index (κ3) is 3.18. The van der Waals surface area contributed by atoms with E-state index in [1.165, 1.54) is 0 Å². The fourth-order valence-electron chi connectivity index (χ4n) is 1.15. The van der Waals surface area contributed by atoms with Gasteiger partial charge in [-0.1, -0.05) is 54.4 Å². The Hall–Kier alpha value is -0.130. The Morgan fingerprint density at radius 1 is 1.31 bits per heavy atom. The summed E-state index contributed by atoms with van der Waals surface area (Å²) in [4.78, 5) is 11.6. The lowest BCUT2D eigenvalue weighted by Gasteiger charge is -2.10. The van der Waals surface area contributed by atoms with Crippen molar-refractivity contribution in [1.82, 2.24) is 0 Å². The van der Waals surface area contributed by atoms with Crippen LogP contribution in [0, 0.1) is 0 Å². The van der Waals surface area contributed by atoms with Gasteiger partial charge >= 0.3 is 5.97 Å². The third-order valence-electron chi connectivity index (χ3n) is 1.83. The van der Waals surface area contributed by atoms with E-state index in [9.17, 15) is 4.79 Å². The number of halogens is 3. The van der Waals surface area contributed by atoms with Crippen LogP contribution in [0.5, 0.6) is 0 Å². The van der Waals surface area contributed by atoms with Gasteiger partial charge in [-0.3, -0.25) is 0 Å². The van der Waals surface area contributed by atoms with Gasteiger partial charge in [0.25, 0.3) is 0 Å². The van der Waals surface area contributed by atoms with E-state index in [4.69, 9.17) is 4.74 Å². The molecule has 0 atom stereocenters. The molecule has 0 spiro atoms. The van der Waals surface area contributed by atoms with Crippen molar-refractivity contribution in [3.05, 3.63) is 37.7 Å². The number of hydrogen-bond acceptors (Lipinski definition) is 2. The van der Waals surface area contributed by atoms with Crippen LogP contribution in [0.15, 0.2) is 32.1 Å². The molecule has 5 heteroatoms. The number of hydrogen-bond donors (Lipinski definition) is 0. The second kappa shape index (κ2) is 5.98. The Balaban J connectivity index is 3.14. The first-order valence-corrected chi connectivity index (χ1v) is 6.86. The number of carbonyl (C=O) groups excluding carboxylic acids is 1. The number of benzene rings is 1. The summed E-state index contributed by atoms with van der Waals surface area (Å²) in [5.41, 5.74) is 1.04. The summed E-state index contributed by atoms with van der Waals surface area (Å²) < 4.78 is 7.38. The van der Waals surface area contributed by atoms with E-state index in [0.29, 0.717) is 17.7 Å². The summed E-state index contributed by atoms with van der Waals surface area (Å²) in [6.07, 6.45) is 0. The Bertz CT molecular complexity index is 418. The summed E-state index contributed by atoms with van der Waals surface area (Å²) in [6, 6.07) is 3.70. The predicted molar refractivity (Wildman–Crippen MR) is 75.2 cm³/mol. The highest BCUT2D eigenvalue weighted by molar-refractivity contribution is 9.11. The Morgan fingerprint density at radius 2 is 1.81 bits per heavy atom. The van der Waals surface area contributed by atoms with Gasteiger partial charge in [0.2, 0.25) is 0 Å². The van der Waals surface area contributed by atoms with Crippen LogP contribution in [0.25, 0.3) is 5.57 Å². The summed E-state index contributed by atoms with van der Waals surface area (Å²) in [5.74, 6) is -0.411. The average molecular weight is 413 g/mol. The second-order valence-electron chi connectivity index (χ2n) is 2.94. The summed E-state index contributed by atoms with van der Waals surface area (Å²) >= 11 is 10.1. The number of carbonyl (C=O) groups is 1. The predicted octanol–water partition coefficient (Wildman–Crippen LogP) is 4.55. The topological polar surface area (TPSA) is 26.3 Å². The standard InChI is InChI=1S/C11H9Br3O2/c1-3-16-11(15)6(2)10-8(13)4-7(12)5-9(10)14/h4-5H,2-3H2,1H3. The van der Waals surface area contributed by atoms with Gasteiger partial charge in [-0.2, -0.15) is 0 Å². The van der Waals surface area contributed by atoms with E-state index in [-0.39, 0.29) is 0 Å². The molecule has 0 radical (unpaired) electrons. The van der Waals surface area contributed by atoms with Gasteiger partial charge in [-0.25, -0.2) is 4.79 Å². The Morgan fingerprint density at radius 3 is 2.25 bits per heavy atom. The molecular weight excluding hydrogens is 404 g/mol. The molecule has 0 amide bonds. The molecule has 0 aliphatic carbocycles. The number of rotatable bonds is 3. The molecular formula is C11H9Br3O2. The largest absolute Gasteiger partial charge is 0.462 e. The van der Waals surface area contributed by atoms with Crippen molar-refractivity contribution in [2.24, 2.45) is 0 Å². The maximum Gasteiger partial charge on any atom is 0.338 e. The van der Waals surface area contributed by atoms with Gasteiger partial charge in [0.1, 0.15) is 0 Å². The van der Waals surface area contributed by atoms with Crippen LogP contribution in [0.1, 0.15) is 12.5 Å². The lowest BCUT2D eigenvalue weighted by molar-refractivity contribution is -0.136. The van der Waals surface area contributed by atoms with Crippen LogP contribution < -0.4 is 0 Å². The zero-order chi connectivity index (χ0) is 12.3. The maximum absolute atomic E-state index is 11.6. The lowest BCUT2D eigenvalue weighted by atomic mass is 10.1. The van der Waals surface area contributed by atoms with Crippen molar-refractivity contribution in [3.8, 4) is 0 Å². The van der Waals surface area contributed by atoms with Gasteiger partial charge < -0.3 is 4.74 Å². The quantitative estimate of drug-likeness (QED) is 0.537. The first-order chi connectivity index (χ1) is 7.47. The molecule has 0 bridgehead atoms. The van der Waals surface area contributed by atoms with Crippen LogP contribution in [-0.4, -0.2) is 12.6 Å². The highest BCUT2D eigenvalue weighted by atomic mass is 79.9. The molecule has 0 fully saturated rings. The molecule has 1 aromatic carbocycles. The minimum atomic E-state index is -0.411. The van der Waals surface area contributed by atoms with Crippen molar-refractivity contribution < 1.29 is 9.53 Å². The zero-order valence-electron chi connectivity index (χ0n) is 8.52. The van der Waals surface area contributed by atoms with Crippen LogP contribution in [0.2, 0.25) is 0 Å². The SMILES string of the molecule is C=C(C(=O)OCC)c1c(Br)cc(Br)cc1Br. The highest BCUT2D eigenvalue weighted by Crippen LogP contribution is 2.34. The molecule has 1 aromatic rings. The minimum Gasteiger partial charge on any atom is -0.462 e. The number of ether oxygens (including phenoxy) is 1. The first-order valence-electron chi connectivity index (χ1n) is 4.48. The highest BCUT2D eigenvalue weighted by Gasteiger charge is 2.17. The first kappa shape index (κ1) is 13.9. The molecule has 0 N–H and O–H groups in total. The van der Waals surface area contributed by atoms with Crippen LogP contribution in [-0.2, 0) is 9.53 Å². The fourth-order valence-corrected chi connectivity index (χ4v) is 3.89. The van der Waals surface area contributed by atoms with Crippen molar-refractivity contribution in [1.29, 1.82) is 0 Å². The average Bonchev–Trinajstić information content (AvgIpc) is 2.16. The smallest absolute Gasteiger partial charge is 0.338 e. The van der Waals surface area contributed by atoms with E-state index < -0.39 is 5.97 Å². The fraction of sp³-hybridized carbons (Fsp3) is 0.182. The van der Waals surface area contributed by atoms with Crippen LogP contribution in [0.3, 0.4) is 0 Å². The van der Waals surface area contributed by atoms with Crippen molar-refractivity contribution in [2.75, 3.05) is 6.61 Å². The molecule has 0 saturated carbocycles. The Kier molecular flexibility index (Phi) is 5.21. The third-order valence-corrected chi connectivity index (χ3v) is 3.54. The van der Waals surface area contributed by atoms with Crippen LogP contribution in [0.4, 0.5) is 0 Å². The van der Waals surface area contributed by atoms with Gasteiger partial charge in [-0.15, -0.1) is 0 Å². The van der Waals surface area contributed by atoms with E-state index >= 15 is 0 Å². The monoisotopic (exact) mass is 410 g/mol. The molecule has 0 aliphatic rings. The van der Waals surface area contributed by atoms with Crippen molar-refractivity contribution in [2.45, 2.75) is 6.92 Å². The molecule has 0 heterocycles. The molecule has 86 valence electrons. The zero-order valence-corrected chi connectivity index (χ0v) is 13.3. The summed E-state index contributed by atoms with van der Waals surface area (Å²) in [6.45, 7) is 5.84. The molecule has 0 saturated heterocycles. The van der Waals surface area contributed by atoms with E-state index in [1.54, 1.807) is 6.92 Å². The van der Waals surface area contributed by atoms with Gasteiger partial charge in [0.05, 0.1) is 12.2 Å². The van der Waals surface area contributed by atoms with E-state index in [1.807, 2.05) is 12.1 Å². The van der Waals surface area contributed by atoms with Crippen LogP contribution >= 0.6 is 47.8 Å². The second-order valence-corrected chi connectivity index (χ2v) is 5.57. The minimum absolute atomic E-state index is 0.327. The van der Waals surface area contributed by atoms with E-state index in [0.717, 1.165) is 13.4 Å². The molecule has 16 heavy (non-hydrogen) atoms. The van der Waals surface area contributed by atoms with Crippen molar-refractivity contribution in [3.63, 3.8) is 0 Å². The summed E-state index contributed by atoms with van der Waals surface area (Å²) in [7, 11) is 0. The molecule has 0 aliphatic heterocycles. The normalized spacial score (nSPS) is 10.0. The Labute approximate surface area is 119 Å².